The summed E-state index contributed by atoms with van der Waals surface area (Å²) in [6.45, 7) is 6.01. The lowest BCUT2D eigenvalue weighted by atomic mass is 9.88. The van der Waals surface area contributed by atoms with Gasteiger partial charge in [0, 0.05) is 12.1 Å². The van der Waals surface area contributed by atoms with Crippen molar-refractivity contribution in [1.29, 1.82) is 0 Å². The van der Waals surface area contributed by atoms with E-state index in [2.05, 4.69) is 16.3 Å². The first-order valence-corrected chi connectivity index (χ1v) is 8.53. The van der Waals surface area contributed by atoms with Gasteiger partial charge in [0.15, 0.2) is 0 Å². The highest BCUT2D eigenvalue weighted by molar-refractivity contribution is 5.94. The molecule has 120 valence electrons. The van der Waals surface area contributed by atoms with Crippen molar-refractivity contribution >= 4 is 5.91 Å². The summed E-state index contributed by atoms with van der Waals surface area (Å²) in [5.41, 5.74) is 7.30. The van der Waals surface area contributed by atoms with Gasteiger partial charge in [-0.05, 0) is 75.3 Å². The summed E-state index contributed by atoms with van der Waals surface area (Å²) in [7, 11) is 0. The van der Waals surface area contributed by atoms with Gasteiger partial charge in [-0.25, -0.2) is 0 Å². The van der Waals surface area contributed by atoms with E-state index in [0.717, 1.165) is 17.9 Å². The smallest absolute Gasteiger partial charge is 0.248 e. The summed E-state index contributed by atoms with van der Waals surface area (Å²) in [4.78, 5) is 14.1. The quantitative estimate of drug-likeness (QED) is 0.869. The Balaban J connectivity index is 1.50. The van der Waals surface area contributed by atoms with Crippen molar-refractivity contribution in [3.05, 3.63) is 35.4 Å². The van der Waals surface area contributed by atoms with E-state index < -0.39 is 0 Å². The van der Waals surface area contributed by atoms with E-state index in [1.54, 1.807) is 0 Å². The van der Waals surface area contributed by atoms with E-state index in [0.29, 0.717) is 11.5 Å². The third-order valence-corrected chi connectivity index (χ3v) is 5.18. The molecule has 0 spiro atoms. The van der Waals surface area contributed by atoms with E-state index in [1.165, 1.54) is 52.0 Å². The Morgan fingerprint density at radius 3 is 2.64 bits per heavy atom. The molecule has 1 unspecified atom stereocenters. The molecule has 3 rings (SSSR count). The van der Waals surface area contributed by atoms with Gasteiger partial charge in [-0.15, -0.1) is 0 Å². The molecule has 0 radical (unpaired) electrons. The van der Waals surface area contributed by atoms with E-state index >= 15 is 0 Å². The fraction of sp³-hybridized carbons (Fsp3) is 0.611. The molecule has 22 heavy (non-hydrogen) atoms. The van der Waals surface area contributed by atoms with Crippen molar-refractivity contribution in [2.45, 2.75) is 25.7 Å². The van der Waals surface area contributed by atoms with Gasteiger partial charge in [-0.1, -0.05) is 18.2 Å². The number of hydrogen-bond donors (Lipinski definition) is 2. The Morgan fingerprint density at radius 1 is 1.18 bits per heavy atom. The van der Waals surface area contributed by atoms with Crippen molar-refractivity contribution in [3.63, 3.8) is 0 Å². The van der Waals surface area contributed by atoms with Crippen LogP contribution in [0.2, 0.25) is 0 Å². The van der Waals surface area contributed by atoms with Crippen LogP contribution in [0.5, 0.6) is 0 Å². The third-order valence-electron chi connectivity index (χ3n) is 5.18. The number of nitrogens with one attached hydrogen (secondary N) is 1. The molecule has 0 saturated carbocycles. The van der Waals surface area contributed by atoms with Gasteiger partial charge < -0.3 is 16.0 Å². The summed E-state index contributed by atoms with van der Waals surface area (Å²) >= 11 is 0. The van der Waals surface area contributed by atoms with Crippen molar-refractivity contribution in [2.24, 2.45) is 17.6 Å². The van der Waals surface area contributed by atoms with Crippen LogP contribution in [-0.4, -0.2) is 43.5 Å². The molecule has 1 atom stereocenters. The first-order valence-electron chi connectivity index (χ1n) is 8.53. The zero-order valence-corrected chi connectivity index (χ0v) is 13.3. The molecule has 2 heterocycles. The van der Waals surface area contributed by atoms with Gasteiger partial charge in [-0.2, -0.15) is 0 Å². The second kappa shape index (κ2) is 7.25. The van der Waals surface area contributed by atoms with Crippen LogP contribution < -0.4 is 11.1 Å². The summed E-state index contributed by atoms with van der Waals surface area (Å²) in [5.74, 6) is 1.22. The molecule has 0 bridgehead atoms. The average molecular weight is 301 g/mol. The number of nitrogens with zero attached hydrogens (tertiary/aromatic N) is 1. The Hall–Kier alpha value is -1.39. The fourth-order valence-corrected chi connectivity index (χ4v) is 3.86. The molecule has 3 N–H and O–H groups in total. The van der Waals surface area contributed by atoms with E-state index in [-0.39, 0.29) is 5.91 Å². The molecule has 4 heteroatoms. The monoisotopic (exact) mass is 301 g/mol. The van der Waals surface area contributed by atoms with Crippen LogP contribution in [0.3, 0.4) is 0 Å². The number of likely N-dealkylation sites (tertiary alicyclic amines) is 1. The molecule has 1 aromatic rings. The third kappa shape index (κ3) is 3.87. The van der Waals surface area contributed by atoms with Crippen LogP contribution in [0.1, 0.15) is 35.2 Å². The minimum absolute atomic E-state index is 0.304. The molecule has 2 saturated heterocycles. The largest absolute Gasteiger partial charge is 0.366 e. The number of amides is 1. The molecule has 2 aliphatic rings. The normalized spacial score (nSPS) is 23.7. The summed E-state index contributed by atoms with van der Waals surface area (Å²) in [6, 6.07) is 7.79. The minimum Gasteiger partial charge on any atom is -0.366 e. The Labute approximate surface area is 133 Å². The van der Waals surface area contributed by atoms with E-state index in [1.807, 2.05) is 18.2 Å². The number of benzene rings is 1. The van der Waals surface area contributed by atoms with Crippen molar-refractivity contribution in [3.8, 4) is 0 Å². The zero-order chi connectivity index (χ0) is 15.4. The van der Waals surface area contributed by atoms with Gasteiger partial charge in [-0.3, -0.25) is 4.79 Å². The van der Waals surface area contributed by atoms with Gasteiger partial charge >= 0.3 is 0 Å². The predicted molar refractivity (Wildman–Crippen MR) is 88.8 cm³/mol. The van der Waals surface area contributed by atoms with Crippen LogP contribution in [0.15, 0.2) is 24.3 Å². The van der Waals surface area contributed by atoms with Crippen LogP contribution >= 0.6 is 0 Å². The number of rotatable bonds is 5. The van der Waals surface area contributed by atoms with E-state index in [4.69, 9.17) is 5.73 Å². The van der Waals surface area contributed by atoms with Crippen LogP contribution in [0.4, 0.5) is 0 Å². The fourth-order valence-electron chi connectivity index (χ4n) is 3.86. The van der Waals surface area contributed by atoms with Crippen molar-refractivity contribution in [1.82, 2.24) is 10.2 Å². The summed E-state index contributed by atoms with van der Waals surface area (Å²) in [5, 5.41) is 3.45. The number of carbonyl (C=O) groups is 1. The number of piperidine rings is 1. The van der Waals surface area contributed by atoms with Crippen molar-refractivity contribution in [2.75, 3.05) is 32.7 Å². The molecule has 1 amide bonds. The van der Waals surface area contributed by atoms with Crippen LogP contribution in [-0.2, 0) is 6.42 Å². The molecular formula is C18H27N3O. The Kier molecular flexibility index (Phi) is 5.11. The maximum atomic E-state index is 11.5. The maximum absolute atomic E-state index is 11.5. The van der Waals surface area contributed by atoms with Gasteiger partial charge in [0.25, 0.3) is 0 Å². The highest BCUT2D eigenvalue weighted by Gasteiger charge is 2.24. The lowest BCUT2D eigenvalue weighted by molar-refractivity contribution is 0.0998. The highest BCUT2D eigenvalue weighted by atomic mass is 16.1. The summed E-state index contributed by atoms with van der Waals surface area (Å²) in [6.07, 6.45) is 4.77. The second-order valence-corrected chi connectivity index (χ2v) is 6.83. The molecule has 2 aliphatic heterocycles. The second-order valence-electron chi connectivity index (χ2n) is 6.83. The predicted octanol–water partition coefficient (Wildman–Crippen LogP) is 1.65. The average Bonchev–Trinajstić information content (AvgIpc) is 3.02. The first-order chi connectivity index (χ1) is 10.7. The number of primary amides is 1. The van der Waals surface area contributed by atoms with Crippen LogP contribution in [0.25, 0.3) is 0 Å². The molecule has 4 nitrogen and oxygen atoms in total. The first kappa shape index (κ1) is 15.5. The van der Waals surface area contributed by atoms with E-state index in [9.17, 15) is 4.79 Å². The number of hydrogen-bond acceptors (Lipinski definition) is 3. The molecular weight excluding hydrogens is 274 g/mol. The molecule has 1 aromatic carbocycles. The Morgan fingerprint density at radius 2 is 1.95 bits per heavy atom. The Bertz CT molecular complexity index is 503. The van der Waals surface area contributed by atoms with Crippen LogP contribution in [0, 0.1) is 11.8 Å². The lowest BCUT2D eigenvalue weighted by Gasteiger charge is -2.33. The van der Waals surface area contributed by atoms with Gasteiger partial charge in [0.1, 0.15) is 0 Å². The molecule has 2 fully saturated rings. The molecule has 0 aliphatic carbocycles. The van der Waals surface area contributed by atoms with Gasteiger partial charge in [0.2, 0.25) is 5.91 Å². The summed E-state index contributed by atoms with van der Waals surface area (Å²) < 4.78 is 0. The lowest BCUT2D eigenvalue weighted by Crippen LogP contribution is -2.38. The SMILES string of the molecule is NC(=O)c1ccccc1CC1CCN(CC2CCNC2)CC1. The molecule has 0 aromatic heterocycles. The van der Waals surface area contributed by atoms with Gasteiger partial charge in [0.05, 0.1) is 0 Å². The highest BCUT2D eigenvalue weighted by Crippen LogP contribution is 2.24. The zero-order valence-electron chi connectivity index (χ0n) is 13.3. The number of carbonyl (C=O) groups excluding carboxylic acids is 1. The topological polar surface area (TPSA) is 58.4 Å². The van der Waals surface area contributed by atoms with Crippen molar-refractivity contribution < 1.29 is 4.79 Å². The number of nitrogens with two attached hydrogens (primary N) is 1. The minimum atomic E-state index is -0.304. The standard InChI is InChI=1S/C18H27N3O/c19-18(22)17-4-2-1-3-16(17)11-14-6-9-21(10-7-14)13-15-5-8-20-12-15/h1-4,14-15,20H,5-13H2,(H2,19,22). The maximum Gasteiger partial charge on any atom is 0.248 e.